The maximum absolute atomic E-state index is 11.7. The number of hydrogen-bond donors (Lipinski definition) is 2. The predicted octanol–water partition coefficient (Wildman–Crippen LogP) is 4.03. The van der Waals surface area contributed by atoms with Crippen LogP contribution < -0.4 is 0 Å². The second-order valence-corrected chi connectivity index (χ2v) is 5.47. The molecule has 0 amide bonds. The quantitative estimate of drug-likeness (QED) is 0.375. The van der Waals surface area contributed by atoms with Crippen molar-refractivity contribution in [3.8, 4) is 0 Å². The molecule has 0 saturated carbocycles. The van der Waals surface area contributed by atoms with E-state index < -0.39 is 12.1 Å². The Bertz CT molecular complexity index is 358. The molecule has 1 atom stereocenters. The summed E-state index contributed by atoms with van der Waals surface area (Å²) in [5, 5.41) is 18.3. The molecule has 2 N–H and O–H groups in total. The lowest BCUT2D eigenvalue weighted by Gasteiger charge is -2.07. The summed E-state index contributed by atoms with van der Waals surface area (Å²) in [6.45, 7) is 2.08. The Kier molecular flexibility index (Phi) is 13.6. The highest BCUT2D eigenvalue weighted by molar-refractivity contribution is 5.84. The Morgan fingerprint density at radius 3 is 2.27 bits per heavy atom. The molecule has 0 aliphatic rings. The van der Waals surface area contributed by atoms with Gasteiger partial charge in [-0.05, 0) is 25.7 Å². The molecule has 4 heteroatoms. The summed E-state index contributed by atoms with van der Waals surface area (Å²) in [6.07, 6.45) is 14.2. The van der Waals surface area contributed by atoms with Gasteiger partial charge < -0.3 is 10.2 Å². The fourth-order valence-corrected chi connectivity index (χ4v) is 2.08. The minimum atomic E-state index is -0.866. The first-order chi connectivity index (χ1) is 10.6. The number of allylic oxidation sites excluding steroid dienone is 4. The van der Waals surface area contributed by atoms with Crippen LogP contribution in [0.15, 0.2) is 24.3 Å². The van der Waals surface area contributed by atoms with Gasteiger partial charge in [-0.3, -0.25) is 9.59 Å². The predicted molar refractivity (Wildman–Crippen MR) is 88.8 cm³/mol. The van der Waals surface area contributed by atoms with Crippen LogP contribution in [-0.4, -0.2) is 28.1 Å². The van der Waals surface area contributed by atoms with E-state index >= 15 is 0 Å². The first-order valence-corrected chi connectivity index (χ1v) is 8.30. The van der Waals surface area contributed by atoms with Crippen LogP contribution in [0.1, 0.15) is 71.1 Å². The summed E-state index contributed by atoms with van der Waals surface area (Å²) < 4.78 is 0. The maximum Gasteiger partial charge on any atom is 0.303 e. The zero-order chi connectivity index (χ0) is 16.6. The van der Waals surface area contributed by atoms with Crippen LogP contribution >= 0.6 is 0 Å². The number of ketones is 1. The molecular formula is C18H30O4. The van der Waals surface area contributed by atoms with Crippen molar-refractivity contribution in [3.63, 3.8) is 0 Å². The summed E-state index contributed by atoms with van der Waals surface area (Å²) in [6, 6.07) is 0. The van der Waals surface area contributed by atoms with Gasteiger partial charge in [-0.15, -0.1) is 0 Å². The van der Waals surface area contributed by atoms with E-state index in [1.54, 1.807) is 0 Å². The largest absolute Gasteiger partial charge is 0.481 e. The summed E-state index contributed by atoms with van der Waals surface area (Å²) in [5.74, 6) is -0.874. The minimum absolute atomic E-state index is 0.124. The average molecular weight is 310 g/mol. The number of aliphatic hydroxyl groups excluding tert-OH is 1. The highest BCUT2D eigenvalue weighted by atomic mass is 16.4. The number of carboxylic acid groups (broad SMARTS) is 1. The lowest BCUT2D eigenvalue weighted by atomic mass is 10.0. The van der Waals surface area contributed by atoms with Crippen LogP contribution in [0.3, 0.4) is 0 Å². The van der Waals surface area contributed by atoms with Crippen LogP contribution in [-0.2, 0) is 9.59 Å². The zero-order valence-electron chi connectivity index (χ0n) is 13.7. The van der Waals surface area contributed by atoms with Crippen molar-refractivity contribution >= 4 is 11.8 Å². The number of aliphatic hydroxyl groups is 1. The lowest BCUT2D eigenvalue weighted by Crippen LogP contribution is -2.19. The Morgan fingerprint density at radius 2 is 1.59 bits per heavy atom. The van der Waals surface area contributed by atoms with E-state index in [1.807, 2.05) is 12.2 Å². The van der Waals surface area contributed by atoms with Crippen LogP contribution in [0, 0.1) is 0 Å². The molecule has 0 bridgehead atoms. The highest BCUT2D eigenvalue weighted by Gasteiger charge is 2.12. The number of carboxylic acids is 1. The van der Waals surface area contributed by atoms with Crippen molar-refractivity contribution in [2.45, 2.75) is 77.2 Å². The first-order valence-electron chi connectivity index (χ1n) is 8.30. The van der Waals surface area contributed by atoms with E-state index in [2.05, 4.69) is 19.1 Å². The summed E-state index contributed by atoms with van der Waals surface area (Å²) in [5.41, 5.74) is 0. The molecule has 0 aromatic carbocycles. The zero-order valence-corrected chi connectivity index (χ0v) is 13.7. The number of carbonyl (C=O) groups excluding carboxylic acids is 1. The van der Waals surface area contributed by atoms with Crippen molar-refractivity contribution < 1.29 is 19.8 Å². The molecule has 0 heterocycles. The molecule has 4 nitrogen and oxygen atoms in total. The maximum atomic E-state index is 11.7. The van der Waals surface area contributed by atoms with Gasteiger partial charge in [0, 0.05) is 12.8 Å². The van der Waals surface area contributed by atoms with Crippen molar-refractivity contribution in [3.05, 3.63) is 24.3 Å². The van der Waals surface area contributed by atoms with Crippen LogP contribution in [0.25, 0.3) is 0 Å². The average Bonchev–Trinajstić information content (AvgIpc) is 2.49. The van der Waals surface area contributed by atoms with Crippen molar-refractivity contribution in [2.24, 2.45) is 0 Å². The van der Waals surface area contributed by atoms with E-state index in [4.69, 9.17) is 5.11 Å². The topological polar surface area (TPSA) is 74.6 Å². The summed E-state index contributed by atoms with van der Waals surface area (Å²) in [7, 11) is 0. The van der Waals surface area contributed by atoms with E-state index in [9.17, 15) is 14.7 Å². The third kappa shape index (κ3) is 13.6. The number of aliphatic carboxylic acids is 1. The van der Waals surface area contributed by atoms with Gasteiger partial charge in [0.25, 0.3) is 0 Å². The van der Waals surface area contributed by atoms with Gasteiger partial charge in [0.15, 0.2) is 5.78 Å². The molecule has 0 rings (SSSR count). The molecule has 22 heavy (non-hydrogen) atoms. The monoisotopic (exact) mass is 310 g/mol. The van der Waals surface area contributed by atoms with Gasteiger partial charge in [-0.25, -0.2) is 0 Å². The van der Waals surface area contributed by atoms with E-state index in [0.717, 1.165) is 38.5 Å². The molecule has 0 aromatic rings. The molecule has 0 fully saturated rings. The normalized spacial score (nSPS) is 13.0. The molecular weight excluding hydrogens is 280 g/mol. The SMILES string of the molecule is CC/C=C\C/C=C\CC(=O)C(O)CCCCCCCC(=O)O. The number of carbonyl (C=O) groups is 2. The second kappa shape index (κ2) is 14.5. The number of hydrogen-bond acceptors (Lipinski definition) is 3. The van der Waals surface area contributed by atoms with Gasteiger partial charge in [0.2, 0.25) is 0 Å². The fraction of sp³-hybridized carbons (Fsp3) is 0.667. The number of unbranched alkanes of at least 4 members (excludes halogenated alkanes) is 4. The third-order valence-corrected chi connectivity index (χ3v) is 3.40. The highest BCUT2D eigenvalue weighted by Crippen LogP contribution is 2.10. The molecule has 0 spiro atoms. The van der Waals surface area contributed by atoms with Gasteiger partial charge in [-0.1, -0.05) is 56.9 Å². The second-order valence-electron chi connectivity index (χ2n) is 5.47. The summed E-state index contributed by atoms with van der Waals surface area (Å²) in [4.78, 5) is 22.0. The van der Waals surface area contributed by atoms with Gasteiger partial charge in [-0.2, -0.15) is 0 Å². The van der Waals surface area contributed by atoms with Crippen molar-refractivity contribution in [1.82, 2.24) is 0 Å². The van der Waals surface area contributed by atoms with Crippen LogP contribution in [0.4, 0.5) is 0 Å². The number of rotatable bonds is 14. The summed E-state index contributed by atoms with van der Waals surface area (Å²) >= 11 is 0. The smallest absolute Gasteiger partial charge is 0.303 e. The standard InChI is InChI=1S/C18H30O4/c1-2-3-4-5-7-10-13-16(19)17(20)14-11-8-6-9-12-15-18(21)22/h3-4,7,10,17,20H,2,5-6,8-9,11-15H2,1H3,(H,21,22)/b4-3-,10-7-. The Labute approximate surface area is 133 Å². The van der Waals surface area contributed by atoms with E-state index in [0.29, 0.717) is 19.3 Å². The molecule has 1 unspecified atom stereocenters. The van der Waals surface area contributed by atoms with E-state index in [1.165, 1.54) is 0 Å². The molecule has 0 aliphatic carbocycles. The third-order valence-electron chi connectivity index (χ3n) is 3.40. The Morgan fingerprint density at radius 1 is 0.955 bits per heavy atom. The van der Waals surface area contributed by atoms with Crippen LogP contribution in [0.2, 0.25) is 0 Å². The molecule has 126 valence electrons. The van der Waals surface area contributed by atoms with Crippen LogP contribution in [0.5, 0.6) is 0 Å². The van der Waals surface area contributed by atoms with Gasteiger partial charge in [0.05, 0.1) is 0 Å². The molecule has 0 saturated heterocycles. The molecule has 0 radical (unpaired) electrons. The Hall–Kier alpha value is -1.42. The van der Waals surface area contributed by atoms with Gasteiger partial charge >= 0.3 is 5.97 Å². The van der Waals surface area contributed by atoms with Gasteiger partial charge in [0.1, 0.15) is 6.10 Å². The fourth-order valence-electron chi connectivity index (χ4n) is 2.08. The molecule has 0 aliphatic heterocycles. The Balaban J connectivity index is 3.57. The van der Waals surface area contributed by atoms with Crippen molar-refractivity contribution in [2.75, 3.05) is 0 Å². The molecule has 0 aromatic heterocycles. The number of Topliss-reactive ketones (excluding diaryl/α,β-unsaturated/α-hetero) is 1. The lowest BCUT2D eigenvalue weighted by molar-refractivity contribution is -0.137. The van der Waals surface area contributed by atoms with Crippen molar-refractivity contribution in [1.29, 1.82) is 0 Å². The van der Waals surface area contributed by atoms with E-state index in [-0.39, 0.29) is 12.2 Å². The minimum Gasteiger partial charge on any atom is -0.481 e. The first kappa shape index (κ1) is 20.6.